The van der Waals surface area contributed by atoms with E-state index in [4.69, 9.17) is 0 Å². The summed E-state index contributed by atoms with van der Waals surface area (Å²) in [6.45, 7) is 6.21. The minimum absolute atomic E-state index is 0.243. The molecule has 0 atom stereocenters. The number of H-pyrrole nitrogens is 1. The van der Waals surface area contributed by atoms with Gasteiger partial charge in [-0.3, -0.25) is 14.6 Å². The average Bonchev–Trinajstić information content (AvgIpc) is 3.04. The Morgan fingerprint density at radius 1 is 1.07 bits per heavy atom. The predicted octanol–water partition coefficient (Wildman–Crippen LogP) is 3.06. The molecule has 0 radical (unpaired) electrons. The molecule has 0 bridgehead atoms. The number of amides is 2. The lowest BCUT2D eigenvalue weighted by atomic mass is 10.1. The zero-order valence-corrected chi connectivity index (χ0v) is 15.8. The quantitative estimate of drug-likeness (QED) is 0.650. The Labute approximate surface area is 158 Å². The molecule has 3 rings (SSSR count). The van der Waals surface area contributed by atoms with Gasteiger partial charge in [-0.25, -0.2) is 0 Å². The third kappa shape index (κ3) is 4.73. The molecule has 0 aliphatic rings. The smallest absolute Gasteiger partial charge is 0.253 e. The maximum atomic E-state index is 12.4. The molecule has 3 N–H and O–H groups in total. The van der Waals surface area contributed by atoms with E-state index in [1.807, 2.05) is 45.2 Å². The molecule has 0 saturated heterocycles. The number of pyridine rings is 1. The minimum atomic E-state index is -0.353. The van der Waals surface area contributed by atoms with Gasteiger partial charge in [0.05, 0.1) is 11.1 Å². The SMILES string of the molecule is CC(C)(C)NC(=O)c1cncc(C(=O)NCCc2c[nH]c3ccccc23)c1. The van der Waals surface area contributed by atoms with Crippen LogP contribution in [0.1, 0.15) is 47.1 Å². The van der Waals surface area contributed by atoms with Crippen LogP contribution in [0.5, 0.6) is 0 Å². The van der Waals surface area contributed by atoms with Crippen molar-refractivity contribution in [1.82, 2.24) is 20.6 Å². The van der Waals surface area contributed by atoms with Crippen LogP contribution in [-0.2, 0) is 6.42 Å². The molecule has 0 spiro atoms. The number of rotatable bonds is 5. The molecule has 2 aromatic heterocycles. The molecule has 27 heavy (non-hydrogen) atoms. The van der Waals surface area contributed by atoms with Gasteiger partial charge in [0.25, 0.3) is 11.8 Å². The second kappa shape index (κ2) is 7.61. The summed E-state index contributed by atoms with van der Waals surface area (Å²) < 4.78 is 0. The minimum Gasteiger partial charge on any atom is -0.361 e. The summed E-state index contributed by atoms with van der Waals surface area (Å²) in [5.74, 6) is -0.490. The van der Waals surface area contributed by atoms with Crippen LogP contribution in [0.3, 0.4) is 0 Å². The highest BCUT2D eigenvalue weighted by Crippen LogP contribution is 2.17. The van der Waals surface area contributed by atoms with Crippen LogP contribution in [-0.4, -0.2) is 33.9 Å². The summed E-state index contributed by atoms with van der Waals surface area (Å²) in [6.07, 6.45) is 5.61. The van der Waals surface area contributed by atoms with Crippen molar-refractivity contribution in [2.75, 3.05) is 6.54 Å². The number of hydrogen-bond donors (Lipinski definition) is 3. The lowest BCUT2D eigenvalue weighted by Crippen LogP contribution is -2.40. The Hall–Kier alpha value is -3.15. The standard InChI is InChI=1S/C21H24N4O2/c1-21(2,3)25-20(27)16-10-15(11-22-12-16)19(26)23-9-8-14-13-24-18-7-5-4-6-17(14)18/h4-7,10-13,24H,8-9H2,1-3H3,(H,23,26)(H,25,27). The highest BCUT2D eigenvalue weighted by Gasteiger charge is 2.17. The molecule has 2 amide bonds. The van der Waals surface area contributed by atoms with E-state index >= 15 is 0 Å². The molecule has 3 aromatic rings. The third-order valence-corrected chi connectivity index (χ3v) is 4.11. The van der Waals surface area contributed by atoms with Crippen molar-refractivity contribution in [3.05, 3.63) is 65.6 Å². The van der Waals surface area contributed by atoms with E-state index < -0.39 is 0 Å². The van der Waals surface area contributed by atoms with Crippen LogP contribution in [0.2, 0.25) is 0 Å². The Morgan fingerprint density at radius 2 is 1.78 bits per heavy atom. The molecule has 0 unspecified atom stereocenters. The first-order valence-electron chi connectivity index (χ1n) is 8.94. The molecule has 0 saturated carbocycles. The molecule has 2 heterocycles. The number of para-hydroxylation sites is 1. The van der Waals surface area contributed by atoms with Crippen molar-refractivity contribution in [3.8, 4) is 0 Å². The van der Waals surface area contributed by atoms with E-state index in [0.29, 0.717) is 24.1 Å². The molecule has 0 aliphatic heterocycles. The Bertz CT molecular complexity index is 969. The van der Waals surface area contributed by atoms with Crippen LogP contribution in [0, 0.1) is 0 Å². The third-order valence-electron chi connectivity index (χ3n) is 4.11. The van der Waals surface area contributed by atoms with Crippen molar-refractivity contribution in [2.24, 2.45) is 0 Å². The van der Waals surface area contributed by atoms with E-state index in [1.54, 1.807) is 6.07 Å². The number of nitrogens with zero attached hydrogens (tertiary/aromatic N) is 1. The fraction of sp³-hybridized carbons (Fsp3) is 0.286. The first kappa shape index (κ1) is 18.6. The lowest BCUT2D eigenvalue weighted by Gasteiger charge is -2.20. The largest absolute Gasteiger partial charge is 0.361 e. The molecule has 0 fully saturated rings. The van der Waals surface area contributed by atoms with Crippen molar-refractivity contribution in [3.63, 3.8) is 0 Å². The van der Waals surface area contributed by atoms with Gasteiger partial charge in [-0.2, -0.15) is 0 Å². The van der Waals surface area contributed by atoms with Crippen LogP contribution in [0.15, 0.2) is 48.9 Å². The summed E-state index contributed by atoms with van der Waals surface area (Å²) in [4.78, 5) is 31.9. The zero-order chi connectivity index (χ0) is 19.4. The number of carbonyl (C=O) groups is 2. The first-order valence-corrected chi connectivity index (χ1v) is 8.94. The van der Waals surface area contributed by atoms with E-state index in [0.717, 1.165) is 16.5 Å². The number of aromatic nitrogens is 2. The number of aromatic amines is 1. The van der Waals surface area contributed by atoms with Gasteiger partial charge in [0.1, 0.15) is 0 Å². The summed E-state index contributed by atoms with van der Waals surface area (Å²) in [5, 5.41) is 6.92. The normalized spacial score (nSPS) is 11.4. The van der Waals surface area contributed by atoms with Gasteiger partial charge in [0.2, 0.25) is 0 Å². The fourth-order valence-electron chi connectivity index (χ4n) is 2.85. The molecular weight excluding hydrogens is 340 g/mol. The van der Waals surface area contributed by atoms with Crippen LogP contribution in [0.4, 0.5) is 0 Å². The maximum absolute atomic E-state index is 12.4. The zero-order valence-electron chi connectivity index (χ0n) is 15.8. The van der Waals surface area contributed by atoms with Gasteiger partial charge >= 0.3 is 0 Å². The van der Waals surface area contributed by atoms with E-state index in [-0.39, 0.29) is 17.4 Å². The monoisotopic (exact) mass is 364 g/mol. The molecular formula is C21H24N4O2. The van der Waals surface area contributed by atoms with E-state index in [9.17, 15) is 9.59 Å². The highest BCUT2D eigenvalue weighted by atomic mass is 16.2. The number of benzene rings is 1. The molecule has 6 nitrogen and oxygen atoms in total. The predicted molar refractivity (Wildman–Crippen MR) is 106 cm³/mol. The molecule has 6 heteroatoms. The summed E-state index contributed by atoms with van der Waals surface area (Å²) in [6, 6.07) is 9.63. The molecule has 140 valence electrons. The topological polar surface area (TPSA) is 86.9 Å². The van der Waals surface area contributed by atoms with E-state index in [2.05, 4.69) is 26.7 Å². The molecule has 0 aliphatic carbocycles. The van der Waals surface area contributed by atoms with Gasteiger partial charge in [-0.15, -0.1) is 0 Å². The number of carbonyl (C=O) groups excluding carboxylic acids is 2. The number of fused-ring (bicyclic) bond motifs is 1. The van der Waals surface area contributed by atoms with Crippen molar-refractivity contribution in [2.45, 2.75) is 32.7 Å². The lowest BCUT2D eigenvalue weighted by molar-refractivity contribution is 0.0919. The van der Waals surface area contributed by atoms with Gasteiger partial charge in [-0.05, 0) is 44.9 Å². The van der Waals surface area contributed by atoms with Gasteiger partial charge in [0.15, 0.2) is 0 Å². The van der Waals surface area contributed by atoms with Gasteiger partial charge in [0, 0.05) is 41.6 Å². The summed E-state index contributed by atoms with van der Waals surface area (Å²) >= 11 is 0. The summed E-state index contributed by atoms with van der Waals surface area (Å²) in [5.41, 5.74) is 2.63. The Kier molecular flexibility index (Phi) is 5.26. The van der Waals surface area contributed by atoms with Crippen molar-refractivity contribution < 1.29 is 9.59 Å². The van der Waals surface area contributed by atoms with Crippen LogP contribution >= 0.6 is 0 Å². The van der Waals surface area contributed by atoms with Gasteiger partial charge < -0.3 is 15.6 Å². The number of nitrogens with one attached hydrogen (secondary N) is 3. The van der Waals surface area contributed by atoms with E-state index in [1.165, 1.54) is 12.4 Å². The maximum Gasteiger partial charge on any atom is 0.253 e. The highest BCUT2D eigenvalue weighted by molar-refractivity contribution is 5.99. The second-order valence-corrected chi connectivity index (χ2v) is 7.53. The van der Waals surface area contributed by atoms with Crippen molar-refractivity contribution >= 4 is 22.7 Å². The first-order chi connectivity index (χ1) is 12.8. The molecule has 1 aromatic carbocycles. The average molecular weight is 364 g/mol. The summed E-state index contributed by atoms with van der Waals surface area (Å²) in [7, 11) is 0. The second-order valence-electron chi connectivity index (χ2n) is 7.53. The Morgan fingerprint density at radius 3 is 2.52 bits per heavy atom. The van der Waals surface area contributed by atoms with Crippen molar-refractivity contribution in [1.29, 1.82) is 0 Å². The van der Waals surface area contributed by atoms with Crippen LogP contribution in [0.25, 0.3) is 10.9 Å². The number of hydrogen-bond acceptors (Lipinski definition) is 3. The Balaban J connectivity index is 1.61. The fourth-order valence-corrected chi connectivity index (χ4v) is 2.85. The van der Waals surface area contributed by atoms with Crippen LogP contribution < -0.4 is 10.6 Å². The van der Waals surface area contributed by atoms with Gasteiger partial charge in [-0.1, -0.05) is 18.2 Å².